The molecule has 1 aromatic rings. The average molecular weight is 311 g/mol. The lowest BCUT2D eigenvalue weighted by Crippen LogP contribution is -2.39. The largest absolute Gasteiger partial charge is 0.381 e. The molecule has 7 heteroatoms. The Morgan fingerprint density at radius 1 is 1.38 bits per heavy atom. The summed E-state index contributed by atoms with van der Waals surface area (Å²) in [7, 11) is 0. The predicted molar refractivity (Wildman–Crippen MR) is 78.9 cm³/mol. The molecule has 3 rings (SSSR count). The van der Waals surface area contributed by atoms with E-state index >= 15 is 0 Å². The SMILES string of the molecule is Cc1noc([C@@H](NC(=O)[C@H]2CCCS2)C2CCOCC2)n1. The lowest BCUT2D eigenvalue weighted by atomic mass is 9.91. The zero-order valence-electron chi connectivity index (χ0n) is 12.2. The molecule has 2 aliphatic rings. The summed E-state index contributed by atoms with van der Waals surface area (Å²) in [4.78, 5) is 16.8. The van der Waals surface area contributed by atoms with Gasteiger partial charge in [0, 0.05) is 13.2 Å². The van der Waals surface area contributed by atoms with Gasteiger partial charge in [0.05, 0.1) is 5.25 Å². The zero-order valence-corrected chi connectivity index (χ0v) is 13.0. The summed E-state index contributed by atoms with van der Waals surface area (Å²) in [6, 6.07) is -0.191. The van der Waals surface area contributed by atoms with E-state index in [0.29, 0.717) is 17.6 Å². The van der Waals surface area contributed by atoms with Crippen LogP contribution < -0.4 is 5.32 Å². The van der Waals surface area contributed by atoms with Crippen LogP contribution in [0.5, 0.6) is 0 Å². The number of hydrogen-bond acceptors (Lipinski definition) is 6. The highest BCUT2D eigenvalue weighted by atomic mass is 32.2. The lowest BCUT2D eigenvalue weighted by molar-refractivity contribution is -0.122. The maximum absolute atomic E-state index is 12.4. The van der Waals surface area contributed by atoms with E-state index in [4.69, 9.17) is 9.26 Å². The van der Waals surface area contributed by atoms with Gasteiger partial charge in [-0.2, -0.15) is 4.98 Å². The van der Waals surface area contributed by atoms with Gasteiger partial charge in [-0.25, -0.2) is 0 Å². The Hall–Kier alpha value is -1.08. The second-order valence-electron chi connectivity index (χ2n) is 5.62. The molecule has 2 atom stereocenters. The molecule has 2 aliphatic heterocycles. The molecule has 1 aromatic heterocycles. The van der Waals surface area contributed by atoms with E-state index in [-0.39, 0.29) is 17.2 Å². The first-order chi connectivity index (χ1) is 10.2. The molecule has 21 heavy (non-hydrogen) atoms. The monoisotopic (exact) mass is 311 g/mol. The molecule has 116 valence electrons. The standard InChI is InChI=1S/C14H21N3O3S/c1-9-15-14(20-17-9)12(10-4-6-19-7-5-10)16-13(18)11-3-2-8-21-11/h10-12H,2-8H2,1H3,(H,16,18)/t11-,12+/m1/s1. The van der Waals surface area contributed by atoms with Crippen molar-refractivity contribution in [1.82, 2.24) is 15.5 Å². The maximum Gasteiger partial charge on any atom is 0.249 e. The number of nitrogens with one attached hydrogen (secondary N) is 1. The molecule has 0 spiro atoms. The van der Waals surface area contributed by atoms with Crippen LogP contribution in [0.25, 0.3) is 0 Å². The van der Waals surface area contributed by atoms with Crippen molar-refractivity contribution in [2.75, 3.05) is 19.0 Å². The first kappa shape index (κ1) is 14.8. The van der Waals surface area contributed by atoms with Gasteiger partial charge in [-0.1, -0.05) is 5.16 Å². The Kier molecular flexibility index (Phi) is 4.80. The fraction of sp³-hybridized carbons (Fsp3) is 0.786. The van der Waals surface area contributed by atoms with Crippen molar-refractivity contribution < 1.29 is 14.1 Å². The highest BCUT2D eigenvalue weighted by Gasteiger charge is 2.33. The van der Waals surface area contributed by atoms with Crippen molar-refractivity contribution in [2.45, 2.75) is 43.9 Å². The molecule has 0 aliphatic carbocycles. The van der Waals surface area contributed by atoms with Crippen LogP contribution in [0, 0.1) is 12.8 Å². The number of amides is 1. The van der Waals surface area contributed by atoms with Crippen LogP contribution in [-0.4, -0.2) is 40.3 Å². The Morgan fingerprint density at radius 3 is 2.81 bits per heavy atom. The molecule has 6 nitrogen and oxygen atoms in total. The van der Waals surface area contributed by atoms with Crippen LogP contribution in [0.2, 0.25) is 0 Å². The van der Waals surface area contributed by atoms with E-state index in [1.54, 1.807) is 18.7 Å². The quantitative estimate of drug-likeness (QED) is 0.914. The van der Waals surface area contributed by atoms with Gasteiger partial charge >= 0.3 is 0 Å². The molecule has 0 radical (unpaired) electrons. The van der Waals surface area contributed by atoms with E-state index in [9.17, 15) is 4.79 Å². The van der Waals surface area contributed by atoms with Crippen LogP contribution in [0.15, 0.2) is 4.52 Å². The van der Waals surface area contributed by atoms with E-state index in [1.807, 2.05) is 0 Å². The van der Waals surface area contributed by atoms with Crippen LogP contribution >= 0.6 is 11.8 Å². The normalized spacial score (nSPS) is 24.9. The lowest BCUT2D eigenvalue weighted by Gasteiger charge is -2.29. The molecule has 0 bridgehead atoms. The fourth-order valence-corrected chi connectivity index (χ4v) is 4.07. The number of aryl methyl sites for hydroxylation is 1. The summed E-state index contributed by atoms with van der Waals surface area (Å²) in [6.07, 6.45) is 3.89. The van der Waals surface area contributed by atoms with E-state index in [1.165, 1.54) is 0 Å². The van der Waals surface area contributed by atoms with Gasteiger partial charge in [0.2, 0.25) is 11.8 Å². The number of nitrogens with zero attached hydrogens (tertiary/aromatic N) is 2. The van der Waals surface area contributed by atoms with Crippen LogP contribution in [0.1, 0.15) is 43.4 Å². The Bertz CT molecular complexity index is 482. The molecule has 1 amide bonds. The Labute approximate surface area is 128 Å². The molecular weight excluding hydrogens is 290 g/mol. The zero-order chi connectivity index (χ0) is 14.7. The van der Waals surface area contributed by atoms with Gasteiger partial charge in [0.15, 0.2) is 5.82 Å². The van der Waals surface area contributed by atoms with Crippen molar-refractivity contribution in [2.24, 2.45) is 5.92 Å². The summed E-state index contributed by atoms with van der Waals surface area (Å²) >= 11 is 1.74. The van der Waals surface area contributed by atoms with E-state index < -0.39 is 0 Å². The number of carbonyl (C=O) groups excluding carboxylic acids is 1. The third-order valence-electron chi connectivity index (χ3n) is 4.07. The highest BCUT2D eigenvalue weighted by molar-refractivity contribution is 8.00. The molecule has 2 fully saturated rings. The molecule has 2 saturated heterocycles. The second kappa shape index (κ2) is 6.79. The minimum atomic E-state index is -0.191. The van der Waals surface area contributed by atoms with Crippen LogP contribution in [0.3, 0.4) is 0 Å². The summed E-state index contributed by atoms with van der Waals surface area (Å²) < 4.78 is 10.7. The molecule has 3 heterocycles. The van der Waals surface area contributed by atoms with Gasteiger partial charge in [-0.3, -0.25) is 4.79 Å². The third kappa shape index (κ3) is 3.58. The van der Waals surface area contributed by atoms with Crippen molar-refractivity contribution in [3.8, 4) is 0 Å². The number of rotatable bonds is 4. The van der Waals surface area contributed by atoms with Crippen LogP contribution in [0.4, 0.5) is 0 Å². The number of hydrogen-bond donors (Lipinski definition) is 1. The number of aromatic nitrogens is 2. The van der Waals surface area contributed by atoms with Gasteiger partial charge in [0.25, 0.3) is 0 Å². The minimum absolute atomic E-state index is 0.0661. The van der Waals surface area contributed by atoms with Gasteiger partial charge in [-0.05, 0) is 44.3 Å². The van der Waals surface area contributed by atoms with Crippen molar-refractivity contribution in [3.05, 3.63) is 11.7 Å². The van der Waals surface area contributed by atoms with Crippen LogP contribution in [-0.2, 0) is 9.53 Å². The highest BCUT2D eigenvalue weighted by Crippen LogP contribution is 2.31. The summed E-state index contributed by atoms with van der Waals surface area (Å²) in [5, 5.41) is 7.08. The topological polar surface area (TPSA) is 77.2 Å². The van der Waals surface area contributed by atoms with Crippen molar-refractivity contribution in [3.63, 3.8) is 0 Å². The first-order valence-electron chi connectivity index (χ1n) is 7.54. The minimum Gasteiger partial charge on any atom is -0.381 e. The van der Waals surface area contributed by atoms with E-state index in [2.05, 4.69) is 15.5 Å². The molecule has 0 unspecified atom stereocenters. The maximum atomic E-state index is 12.4. The number of ether oxygens (including phenoxy) is 1. The number of carbonyl (C=O) groups is 1. The average Bonchev–Trinajstić information content (AvgIpc) is 3.17. The molecule has 0 saturated carbocycles. The first-order valence-corrected chi connectivity index (χ1v) is 8.59. The summed E-state index contributed by atoms with van der Waals surface area (Å²) in [5.41, 5.74) is 0. The number of thioether (sulfide) groups is 1. The fourth-order valence-electron chi connectivity index (χ4n) is 2.90. The molecule has 1 N–H and O–H groups in total. The van der Waals surface area contributed by atoms with Crippen molar-refractivity contribution in [1.29, 1.82) is 0 Å². The summed E-state index contributed by atoms with van der Waals surface area (Å²) in [6.45, 7) is 3.24. The van der Waals surface area contributed by atoms with Crippen molar-refractivity contribution >= 4 is 17.7 Å². The Morgan fingerprint density at radius 2 is 2.19 bits per heavy atom. The second-order valence-corrected chi connectivity index (χ2v) is 6.93. The summed E-state index contributed by atoms with van der Waals surface area (Å²) in [5.74, 6) is 2.60. The predicted octanol–water partition coefficient (Wildman–Crippen LogP) is 1.86. The Balaban J connectivity index is 1.73. The van der Waals surface area contributed by atoms with E-state index in [0.717, 1.165) is 44.6 Å². The molecular formula is C14H21N3O3S. The van der Waals surface area contributed by atoms with Gasteiger partial charge < -0.3 is 14.6 Å². The van der Waals surface area contributed by atoms with Gasteiger partial charge in [0.1, 0.15) is 6.04 Å². The van der Waals surface area contributed by atoms with Gasteiger partial charge in [-0.15, -0.1) is 11.8 Å². The smallest absolute Gasteiger partial charge is 0.249 e. The molecule has 0 aromatic carbocycles. The third-order valence-corrected chi connectivity index (χ3v) is 5.44.